The van der Waals surface area contributed by atoms with Crippen LogP contribution in [0.15, 0.2) is 170 Å². The van der Waals surface area contributed by atoms with Gasteiger partial charge in [-0.1, -0.05) is 115 Å². The lowest BCUT2D eigenvalue weighted by Gasteiger charge is -2.11. The Bertz CT molecular complexity index is 3130. The van der Waals surface area contributed by atoms with Gasteiger partial charge < -0.3 is 9.13 Å². The van der Waals surface area contributed by atoms with E-state index in [1.54, 1.807) is 11.3 Å². The molecular weight excluding hydrogens is 641 g/mol. The van der Waals surface area contributed by atoms with E-state index in [2.05, 4.69) is 179 Å². The molecule has 0 unspecified atom stereocenters. The molecule has 0 aliphatic carbocycles. The molecule has 0 aliphatic rings. The van der Waals surface area contributed by atoms with E-state index in [-0.39, 0.29) is 0 Å². The topological polar surface area (TPSA) is 35.6 Å². The second kappa shape index (κ2) is 11.0. The second-order valence-corrected chi connectivity index (χ2v) is 14.1. The average molecular weight is 669 g/mol. The minimum Gasteiger partial charge on any atom is -0.309 e. The predicted octanol–water partition coefficient (Wildman–Crippen LogP) is 12.4. The molecule has 4 heterocycles. The number of rotatable bonds is 4. The lowest BCUT2D eigenvalue weighted by Crippen LogP contribution is -1.97. The Morgan fingerprint density at radius 3 is 1.65 bits per heavy atom. The Hall–Kier alpha value is -6.56. The summed E-state index contributed by atoms with van der Waals surface area (Å²) in [5.74, 6) is 0.723. The molecule has 5 heteroatoms. The molecule has 11 aromatic rings. The SMILES string of the molecule is c1ccc(-c2nc(-c3cccc(-n4c5ccccc5c5cc6c(cc54)c4ccccc4n6-c4ccccc4)c3)nc3c2sc2ccccc23)cc1. The number of para-hydroxylation sites is 3. The molecule has 238 valence electrons. The highest BCUT2D eigenvalue weighted by atomic mass is 32.1. The van der Waals surface area contributed by atoms with Crippen LogP contribution in [0.2, 0.25) is 0 Å². The Balaban J connectivity index is 1.17. The monoisotopic (exact) mass is 668 g/mol. The molecule has 0 fully saturated rings. The maximum absolute atomic E-state index is 5.28. The second-order valence-electron chi connectivity index (χ2n) is 13.0. The lowest BCUT2D eigenvalue weighted by molar-refractivity contribution is 1.17. The summed E-state index contributed by atoms with van der Waals surface area (Å²) in [5.41, 5.74) is 11.0. The highest BCUT2D eigenvalue weighted by Crippen LogP contribution is 2.42. The van der Waals surface area contributed by atoms with Crippen molar-refractivity contribution in [3.05, 3.63) is 170 Å². The van der Waals surface area contributed by atoms with Crippen molar-refractivity contribution < 1.29 is 0 Å². The third kappa shape index (κ3) is 4.25. The van der Waals surface area contributed by atoms with Crippen LogP contribution in [0, 0.1) is 0 Å². The van der Waals surface area contributed by atoms with E-state index in [0.717, 1.165) is 55.1 Å². The Morgan fingerprint density at radius 2 is 0.941 bits per heavy atom. The molecule has 0 N–H and O–H groups in total. The standard InChI is InChI=1S/C46H28N4S/c1-3-14-29(15-4-1)43-45-44(35-22-9-12-25-42(35)51-45)48-46(47-43)30-16-13-19-32(26-30)50-39-24-11-8-21-34(39)37-27-40-36(28-41(37)50)33-20-7-10-23-38(33)49(40)31-17-5-2-6-18-31/h1-28H. The summed E-state index contributed by atoms with van der Waals surface area (Å²) in [5, 5.41) is 6.07. The molecule has 0 saturated carbocycles. The van der Waals surface area contributed by atoms with E-state index in [1.807, 2.05) is 0 Å². The fraction of sp³-hybridized carbons (Fsp3) is 0. The van der Waals surface area contributed by atoms with E-state index >= 15 is 0 Å². The third-order valence-electron chi connectivity index (χ3n) is 10.1. The van der Waals surface area contributed by atoms with Crippen LogP contribution in [0.4, 0.5) is 0 Å². The van der Waals surface area contributed by atoms with Crippen molar-refractivity contribution in [1.29, 1.82) is 0 Å². The number of nitrogens with zero attached hydrogens (tertiary/aromatic N) is 4. The van der Waals surface area contributed by atoms with Gasteiger partial charge in [-0.3, -0.25) is 0 Å². The van der Waals surface area contributed by atoms with Crippen molar-refractivity contribution in [3.63, 3.8) is 0 Å². The molecule has 0 radical (unpaired) electrons. The Morgan fingerprint density at radius 1 is 0.392 bits per heavy atom. The van der Waals surface area contributed by atoms with Gasteiger partial charge in [-0.2, -0.15) is 0 Å². The summed E-state index contributed by atoms with van der Waals surface area (Å²) in [4.78, 5) is 10.5. The first kappa shape index (κ1) is 28.3. The van der Waals surface area contributed by atoms with Crippen LogP contribution in [-0.4, -0.2) is 19.1 Å². The van der Waals surface area contributed by atoms with E-state index in [1.165, 1.54) is 42.8 Å². The fourth-order valence-electron chi connectivity index (χ4n) is 7.86. The first-order chi connectivity index (χ1) is 25.3. The summed E-state index contributed by atoms with van der Waals surface area (Å²) in [7, 11) is 0. The zero-order valence-corrected chi connectivity index (χ0v) is 28.2. The smallest absolute Gasteiger partial charge is 0.160 e. The molecule has 4 nitrogen and oxygen atoms in total. The number of fused-ring (bicyclic) bond motifs is 9. The van der Waals surface area contributed by atoms with Crippen molar-refractivity contribution in [3.8, 4) is 34.0 Å². The van der Waals surface area contributed by atoms with E-state index in [4.69, 9.17) is 9.97 Å². The molecule has 11 rings (SSSR count). The van der Waals surface area contributed by atoms with Crippen LogP contribution >= 0.6 is 11.3 Å². The maximum atomic E-state index is 5.28. The van der Waals surface area contributed by atoms with Gasteiger partial charge in [-0.05, 0) is 54.6 Å². The predicted molar refractivity (Wildman–Crippen MR) is 214 cm³/mol. The van der Waals surface area contributed by atoms with Gasteiger partial charge in [0.15, 0.2) is 5.82 Å². The number of hydrogen-bond donors (Lipinski definition) is 0. The fourth-order valence-corrected chi connectivity index (χ4v) is 9.01. The van der Waals surface area contributed by atoms with Gasteiger partial charge in [0.1, 0.15) is 0 Å². The molecule has 7 aromatic carbocycles. The van der Waals surface area contributed by atoms with Crippen LogP contribution in [0.5, 0.6) is 0 Å². The first-order valence-electron chi connectivity index (χ1n) is 17.2. The van der Waals surface area contributed by atoms with Gasteiger partial charge in [0, 0.05) is 54.1 Å². The minimum atomic E-state index is 0.723. The van der Waals surface area contributed by atoms with Gasteiger partial charge in [-0.15, -0.1) is 11.3 Å². The van der Waals surface area contributed by atoms with E-state index in [0.29, 0.717) is 0 Å². The molecule has 0 atom stereocenters. The van der Waals surface area contributed by atoms with Crippen molar-refractivity contribution in [2.75, 3.05) is 0 Å². The lowest BCUT2D eigenvalue weighted by atomic mass is 10.1. The molecule has 51 heavy (non-hydrogen) atoms. The minimum absolute atomic E-state index is 0.723. The van der Waals surface area contributed by atoms with Crippen LogP contribution in [0.1, 0.15) is 0 Å². The summed E-state index contributed by atoms with van der Waals surface area (Å²) < 4.78 is 7.13. The van der Waals surface area contributed by atoms with E-state index < -0.39 is 0 Å². The number of aromatic nitrogens is 4. The normalized spacial score (nSPS) is 11.9. The molecular formula is C46H28N4S. The Kier molecular flexibility index (Phi) is 6.09. The molecule has 0 bridgehead atoms. The van der Waals surface area contributed by atoms with Gasteiger partial charge in [-0.25, -0.2) is 9.97 Å². The van der Waals surface area contributed by atoms with Crippen LogP contribution in [0.3, 0.4) is 0 Å². The number of thiophene rings is 1. The highest BCUT2D eigenvalue weighted by molar-refractivity contribution is 7.26. The number of benzene rings is 7. The molecule has 0 amide bonds. The summed E-state index contributed by atoms with van der Waals surface area (Å²) >= 11 is 1.76. The van der Waals surface area contributed by atoms with Crippen LogP contribution < -0.4 is 0 Å². The highest BCUT2D eigenvalue weighted by Gasteiger charge is 2.20. The zero-order valence-electron chi connectivity index (χ0n) is 27.4. The van der Waals surface area contributed by atoms with Crippen LogP contribution in [0.25, 0.3) is 97.9 Å². The molecule has 0 spiro atoms. The maximum Gasteiger partial charge on any atom is 0.160 e. The molecule has 4 aromatic heterocycles. The van der Waals surface area contributed by atoms with Gasteiger partial charge in [0.25, 0.3) is 0 Å². The first-order valence-corrected chi connectivity index (χ1v) is 18.0. The molecule has 0 aliphatic heterocycles. The van der Waals surface area contributed by atoms with Crippen LogP contribution in [-0.2, 0) is 0 Å². The summed E-state index contributed by atoms with van der Waals surface area (Å²) in [6.45, 7) is 0. The van der Waals surface area contributed by atoms with Crippen molar-refractivity contribution >= 4 is 75.3 Å². The zero-order chi connectivity index (χ0) is 33.5. The summed E-state index contributed by atoms with van der Waals surface area (Å²) in [6, 6.07) is 60.6. The largest absolute Gasteiger partial charge is 0.309 e. The average Bonchev–Trinajstić information content (AvgIpc) is 3.85. The van der Waals surface area contributed by atoms with Gasteiger partial charge in [0.05, 0.1) is 38.0 Å². The molecule has 0 saturated heterocycles. The quantitative estimate of drug-likeness (QED) is 0.187. The summed E-state index contributed by atoms with van der Waals surface area (Å²) in [6.07, 6.45) is 0. The van der Waals surface area contributed by atoms with Crippen molar-refractivity contribution in [2.45, 2.75) is 0 Å². The van der Waals surface area contributed by atoms with Crippen molar-refractivity contribution in [1.82, 2.24) is 19.1 Å². The van der Waals surface area contributed by atoms with Crippen molar-refractivity contribution in [2.24, 2.45) is 0 Å². The van der Waals surface area contributed by atoms with Gasteiger partial charge >= 0.3 is 0 Å². The van der Waals surface area contributed by atoms with Gasteiger partial charge in [0.2, 0.25) is 0 Å². The Labute approximate surface area is 297 Å². The van der Waals surface area contributed by atoms with E-state index in [9.17, 15) is 0 Å². The third-order valence-corrected chi connectivity index (χ3v) is 11.3. The number of hydrogen-bond acceptors (Lipinski definition) is 3.